The predicted octanol–water partition coefficient (Wildman–Crippen LogP) is 1.71. The molecule has 146 valence electrons. The van der Waals surface area contributed by atoms with Gasteiger partial charge in [-0.3, -0.25) is 9.59 Å². The molecule has 0 radical (unpaired) electrons. The molecule has 0 unspecified atom stereocenters. The standard InChI is InChI=1S/C23H15N3O4/c27-19-16-8-4-5-9-17(16)20(28)23(19)12-14-10-11-24-21(29)25(15-6-2-1-3-7-15)22(30)26(24)18(14)13-23/h1-11H,12-13H2. The third-order valence-corrected chi connectivity index (χ3v) is 6.28. The molecule has 7 nitrogen and oxygen atoms in total. The number of carbonyl (C=O) groups is 2. The van der Waals surface area contributed by atoms with Crippen molar-refractivity contribution in [3.05, 3.63) is 110 Å². The Morgan fingerprint density at radius 2 is 1.33 bits per heavy atom. The molecule has 1 spiro atoms. The number of ketones is 2. The van der Waals surface area contributed by atoms with Crippen molar-refractivity contribution < 1.29 is 9.59 Å². The summed E-state index contributed by atoms with van der Waals surface area (Å²) in [5, 5.41) is 0. The Balaban J connectivity index is 1.58. The molecule has 2 heterocycles. The summed E-state index contributed by atoms with van der Waals surface area (Å²) in [5.74, 6) is -0.425. The van der Waals surface area contributed by atoms with Gasteiger partial charge in [0.25, 0.3) is 0 Å². The van der Waals surface area contributed by atoms with Crippen LogP contribution in [0.4, 0.5) is 0 Å². The third kappa shape index (κ3) is 1.89. The highest BCUT2D eigenvalue weighted by atomic mass is 16.2. The Hall–Kier alpha value is -4.00. The van der Waals surface area contributed by atoms with Crippen LogP contribution in [-0.2, 0) is 12.8 Å². The van der Waals surface area contributed by atoms with Crippen LogP contribution < -0.4 is 11.4 Å². The maximum Gasteiger partial charge on any atom is 0.356 e. The summed E-state index contributed by atoms with van der Waals surface area (Å²) in [4.78, 5) is 52.6. The van der Waals surface area contributed by atoms with Crippen molar-refractivity contribution in [3.63, 3.8) is 0 Å². The Kier molecular flexibility index (Phi) is 3.12. The van der Waals surface area contributed by atoms with E-state index in [4.69, 9.17) is 0 Å². The minimum atomic E-state index is -1.24. The lowest BCUT2D eigenvalue weighted by atomic mass is 9.80. The van der Waals surface area contributed by atoms with E-state index in [1.165, 1.54) is 15.2 Å². The third-order valence-electron chi connectivity index (χ3n) is 6.28. The number of hydrogen-bond donors (Lipinski definition) is 0. The van der Waals surface area contributed by atoms with Crippen molar-refractivity contribution in [3.8, 4) is 5.69 Å². The number of aromatic nitrogens is 3. The first-order valence-corrected chi connectivity index (χ1v) is 9.64. The molecule has 30 heavy (non-hydrogen) atoms. The van der Waals surface area contributed by atoms with E-state index >= 15 is 0 Å². The summed E-state index contributed by atoms with van der Waals surface area (Å²) in [5.41, 5.74) is 0.331. The number of hydrogen-bond acceptors (Lipinski definition) is 4. The Bertz CT molecular complexity index is 1490. The van der Waals surface area contributed by atoms with Gasteiger partial charge in [0.2, 0.25) is 0 Å². The van der Waals surface area contributed by atoms with E-state index in [2.05, 4.69) is 0 Å². The van der Waals surface area contributed by atoms with Crippen molar-refractivity contribution >= 4 is 11.6 Å². The summed E-state index contributed by atoms with van der Waals surface area (Å²) >= 11 is 0. The fraction of sp³-hybridized carbons (Fsp3) is 0.130. The number of para-hydroxylation sites is 1. The van der Waals surface area contributed by atoms with Crippen molar-refractivity contribution in [1.82, 2.24) is 13.6 Å². The summed E-state index contributed by atoms with van der Waals surface area (Å²) in [6.45, 7) is 0. The highest BCUT2D eigenvalue weighted by Crippen LogP contribution is 2.46. The topological polar surface area (TPSA) is 82.0 Å². The van der Waals surface area contributed by atoms with Crippen LogP contribution in [0.25, 0.3) is 5.69 Å². The quantitative estimate of drug-likeness (QED) is 0.458. The van der Waals surface area contributed by atoms with Gasteiger partial charge in [-0.05, 0) is 30.2 Å². The van der Waals surface area contributed by atoms with Crippen molar-refractivity contribution in [1.29, 1.82) is 0 Å². The second-order valence-corrected chi connectivity index (χ2v) is 7.82. The fourth-order valence-electron chi connectivity index (χ4n) is 4.87. The Labute approximate surface area is 169 Å². The second-order valence-electron chi connectivity index (χ2n) is 7.82. The first-order valence-electron chi connectivity index (χ1n) is 9.64. The molecule has 7 heteroatoms. The van der Waals surface area contributed by atoms with Crippen LogP contribution in [0.15, 0.2) is 76.4 Å². The summed E-state index contributed by atoms with van der Waals surface area (Å²) < 4.78 is 3.63. The first-order chi connectivity index (χ1) is 14.5. The van der Waals surface area contributed by atoms with Gasteiger partial charge >= 0.3 is 11.4 Å². The van der Waals surface area contributed by atoms with Gasteiger partial charge in [-0.1, -0.05) is 42.5 Å². The van der Waals surface area contributed by atoms with Crippen LogP contribution >= 0.6 is 0 Å². The first kappa shape index (κ1) is 16.9. The number of fused-ring (bicyclic) bond motifs is 4. The van der Waals surface area contributed by atoms with E-state index in [9.17, 15) is 19.2 Å². The molecule has 0 amide bonds. The van der Waals surface area contributed by atoms with Gasteiger partial charge in [0.15, 0.2) is 11.6 Å². The van der Waals surface area contributed by atoms with Crippen LogP contribution in [0.2, 0.25) is 0 Å². The molecule has 0 saturated heterocycles. The van der Waals surface area contributed by atoms with Crippen molar-refractivity contribution in [2.45, 2.75) is 12.8 Å². The number of Topliss-reactive ketones (excluding diaryl/α,β-unsaturated/α-hetero) is 2. The van der Waals surface area contributed by atoms with Gasteiger partial charge < -0.3 is 0 Å². The molecule has 0 bridgehead atoms. The van der Waals surface area contributed by atoms with Gasteiger partial charge in [0.05, 0.1) is 11.4 Å². The lowest BCUT2D eigenvalue weighted by molar-refractivity contribution is 0.0709. The SMILES string of the molecule is O=C1c2ccccc2C(=O)C12Cc1ccn3c(=O)n(-c4ccccc4)c(=O)n3c1C2. The van der Waals surface area contributed by atoms with Gasteiger partial charge in [0, 0.05) is 23.7 Å². The van der Waals surface area contributed by atoms with Gasteiger partial charge in [-0.15, -0.1) is 0 Å². The zero-order chi connectivity index (χ0) is 20.6. The van der Waals surface area contributed by atoms with Crippen LogP contribution in [0.1, 0.15) is 32.0 Å². The van der Waals surface area contributed by atoms with Crippen LogP contribution in [0, 0.1) is 5.41 Å². The van der Waals surface area contributed by atoms with E-state index in [1.807, 2.05) is 0 Å². The molecule has 0 saturated carbocycles. The highest BCUT2D eigenvalue weighted by Gasteiger charge is 2.56. The minimum absolute atomic E-state index is 0.0944. The molecule has 4 aromatic rings. The van der Waals surface area contributed by atoms with Crippen LogP contribution in [0.3, 0.4) is 0 Å². The Morgan fingerprint density at radius 3 is 2.00 bits per heavy atom. The molecule has 2 aliphatic carbocycles. The summed E-state index contributed by atoms with van der Waals surface area (Å²) in [7, 11) is 0. The largest absolute Gasteiger partial charge is 0.356 e. The lowest BCUT2D eigenvalue weighted by Crippen LogP contribution is -2.34. The average Bonchev–Trinajstić information content (AvgIpc) is 3.35. The van der Waals surface area contributed by atoms with Crippen molar-refractivity contribution in [2.24, 2.45) is 5.41 Å². The highest BCUT2D eigenvalue weighted by molar-refractivity contribution is 6.30. The van der Waals surface area contributed by atoms with E-state index < -0.39 is 16.8 Å². The van der Waals surface area contributed by atoms with E-state index in [-0.39, 0.29) is 24.4 Å². The maximum atomic E-state index is 13.2. The van der Waals surface area contributed by atoms with Gasteiger partial charge in [-0.2, -0.15) is 4.52 Å². The molecule has 2 aliphatic rings. The molecule has 2 aromatic heterocycles. The van der Waals surface area contributed by atoms with Crippen LogP contribution in [0.5, 0.6) is 0 Å². The molecule has 6 rings (SSSR count). The monoisotopic (exact) mass is 397 g/mol. The number of nitrogens with zero attached hydrogens (tertiary/aromatic N) is 3. The molecule has 0 aliphatic heterocycles. The number of carbonyl (C=O) groups excluding carboxylic acids is 2. The summed E-state index contributed by atoms with van der Waals surface area (Å²) in [6, 6.07) is 17.2. The van der Waals surface area contributed by atoms with Crippen LogP contribution in [-0.4, -0.2) is 25.2 Å². The van der Waals surface area contributed by atoms with Gasteiger partial charge in [0.1, 0.15) is 5.41 Å². The second kappa shape index (κ2) is 5.54. The molecule has 0 atom stereocenters. The molecule has 0 N–H and O–H groups in total. The predicted molar refractivity (Wildman–Crippen MR) is 108 cm³/mol. The van der Waals surface area contributed by atoms with Gasteiger partial charge in [-0.25, -0.2) is 18.7 Å². The van der Waals surface area contributed by atoms with E-state index in [0.717, 1.165) is 10.1 Å². The van der Waals surface area contributed by atoms with E-state index in [0.29, 0.717) is 22.5 Å². The number of benzene rings is 2. The normalized spacial score (nSPS) is 16.4. The molecule has 0 fully saturated rings. The Morgan fingerprint density at radius 1 is 0.700 bits per heavy atom. The smallest absolute Gasteiger partial charge is 0.293 e. The van der Waals surface area contributed by atoms with E-state index in [1.54, 1.807) is 60.7 Å². The average molecular weight is 397 g/mol. The zero-order valence-corrected chi connectivity index (χ0v) is 15.7. The number of rotatable bonds is 1. The van der Waals surface area contributed by atoms with Crippen molar-refractivity contribution in [2.75, 3.05) is 0 Å². The zero-order valence-electron chi connectivity index (χ0n) is 15.7. The summed E-state index contributed by atoms with van der Waals surface area (Å²) in [6.07, 6.45) is 1.84. The lowest BCUT2D eigenvalue weighted by Gasteiger charge is -2.18. The maximum absolute atomic E-state index is 13.2. The molecular weight excluding hydrogens is 382 g/mol. The molecule has 2 aromatic carbocycles. The fourth-order valence-corrected chi connectivity index (χ4v) is 4.87. The molecular formula is C23H15N3O4. The minimum Gasteiger partial charge on any atom is -0.293 e.